The molecule has 0 bridgehead atoms. The molecule has 3 aromatic rings. The number of nitrogens with one attached hydrogen (secondary N) is 1. The van der Waals surface area contributed by atoms with Crippen molar-refractivity contribution in [3.63, 3.8) is 0 Å². The molecule has 0 aliphatic rings. The summed E-state index contributed by atoms with van der Waals surface area (Å²) >= 11 is 0. The average molecular weight is 282 g/mol. The van der Waals surface area contributed by atoms with Crippen LogP contribution in [-0.4, -0.2) is 17.0 Å². The van der Waals surface area contributed by atoms with Crippen molar-refractivity contribution in [2.24, 2.45) is 0 Å². The fourth-order valence-electron chi connectivity index (χ4n) is 2.60. The molecule has 21 heavy (non-hydrogen) atoms. The number of aromatic nitrogens is 1. The van der Waals surface area contributed by atoms with Gasteiger partial charge in [-0.3, -0.25) is 10.1 Å². The van der Waals surface area contributed by atoms with Crippen molar-refractivity contribution in [1.29, 1.82) is 0 Å². The van der Waals surface area contributed by atoms with E-state index in [0.29, 0.717) is 11.3 Å². The van der Waals surface area contributed by atoms with Crippen LogP contribution in [0.4, 0.5) is 5.69 Å². The summed E-state index contributed by atoms with van der Waals surface area (Å²) in [5.74, 6) is 0.509. The lowest BCUT2D eigenvalue weighted by Gasteiger charge is -2.03. The van der Waals surface area contributed by atoms with E-state index in [1.54, 1.807) is 0 Å². The number of fused-ring (bicyclic) bond motifs is 1. The Morgan fingerprint density at radius 2 is 1.90 bits per heavy atom. The number of nitro groups is 1. The molecule has 1 aromatic heterocycles. The molecule has 0 amide bonds. The van der Waals surface area contributed by atoms with Crippen molar-refractivity contribution in [1.82, 2.24) is 4.98 Å². The highest BCUT2D eigenvalue weighted by molar-refractivity contribution is 5.96. The Morgan fingerprint density at radius 1 is 1.19 bits per heavy atom. The highest BCUT2D eigenvalue weighted by Gasteiger charge is 2.18. The molecule has 106 valence electrons. The van der Waals surface area contributed by atoms with Crippen molar-refractivity contribution in [3.05, 3.63) is 58.1 Å². The minimum atomic E-state index is -0.416. The maximum atomic E-state index is 11.0. The molecule has 0 spiro atoms. The van der Waals surface area contributed by atoms with Crippen LogP contribution in [0.3, 0.4) is 0 Å². The SMILES string of the molecule is COc1cc([N+](=O)[O-])cc2[nH]c(-c3ccccc3)c(C)c12. The summed E-state index contributed by atoms with van der Waals surface area (Å²) in [5.41, 5.74) is 3.72. The van der Waals surface area contributed by atoms with Gasteiger partial charge in [-0.25, -0.2) is 0 Å². The van der Waals surface area contributed by atoms with Gasteiger partial charge in [0.25, 0.3) is 5.69 Å². The minimum Gasteiger partial charge on any atom is -0.496 e. The van der Waals surface area contributed by atoms with Crippen LogP contribution >= 0.6 is 0 Å². The highest BCUT2D eigenvalue weighted by atomic mass is 16.6. The zero-order valence-corrected chi connectivity index (χ0v) is 11.7. The van der Waals surface area contributed by atoms with Crippen molar-refractivity contribution in [2.75, 3.05) is 7.11 Å². The highest BCUT2D eigenvalue weighted by Crippen LogP contribution is 2.37. The maximum absolute atomic E-state index is 11.0. The van der Waals surface area contributed by atoms with Crippen molar-refractivity contribution in [3.8, 4) is 17.0 Å². The van der Waals surface area contributed by atoms with Gasteiger partial charge in [0, 0.05) is 17.1 Å². The van der Waals surface area contributed by atoms with Crippen molar-refractivity contribution in [2.45, 2.75) is 6.92 Å². The Balaban J connectivity index is 2.31. The number of methoxy groups -OCH3 is 1. The third-order valence-electron chi connectivity index (χ3n) is 3.59. The number of aryl methyl sites for hydroxylation is 1. The molecule has 0 unspecified atom stereocenters. The van der Waals surface area contributed by atoms with Gasteiger partial charge >= 0.3 is 0 Å². The molecule has 1 N–H and O–H groups in total. The molecule has 0 atom stereocenters. The lowest BCUT2D eigenvalue weighted by Crippen LogP contribution is -1.91. The first-order valence-electron chi connectivity index (χ1n) is 6.52. The van der Waals surface area contributed by atoms with E-state index < -0.39 is 4.92 Å². The van der Waals surface area contributed by atoms with Gasteiger partial charge in [0.2, 0.25) is 0 Å². The van der Waals surface area contributed by atoms with Gasteiger partial charge in [-0.05, 0) is 18.1 Å². The lowest BCUT2D eigenvalue weighted by molar-refractivity contribution is -0.384. The van der Waals surface area contributed by atoms with Crippen molar-refractivity contribution < 1.29 is 9.66 Å². The molecule has 1 heterocycles. The van der Waals surface area contributed by atoms with Gasteiger partial charge in [-0.15, -0.1) is 0 Å². The van der Waals surface area contributed by atoms with Crippen LogP contribution in [0, 0.1) is 17.0 Å². The molecule has 0 saturated heterocycles. The summed E-state index contributed by atoms with van der Waals surface area (Å²) in [5, 5.41) is 11.9. The first-order chi connectivity index (χ1) is 10.1. The van der Waals surface area contributed by atoms with E-state index in [1.807, 2.05) is 37.3 Å². The third-order valence-corrected chi connectivity index (χ3v) is 3.59. The number of H-pyrrole nitrogens is 1. The monoisotopic (exact) mass is 282 g/mol. The Labute approximate surface area is 121 Å². The Morgan fingerprint density at radius 3 is 2.52 bits per heavy atom. The smallest absolute Gasteiger partial charge is 0.275 e. The first-order valence-corrected chi connectivity index (χ1v) is 6.52. The second-order valence-electron chi connectivity index (χ2n) is 4.82. The molecule has 0 aliphatic heterocycles. The van der Waals surface area contributed by atoms with Gasteiger partial charge in [-0.2, -0.15) is 0 Å². The molecule has 5 nitrogen and oxygen atoms in total. The third kappa shape index (κ3) is 2.12. The number of non-ortho nitro benzene ring substituents is 1. The second-order valence-corrected chi connectivity index (χ2v) is 4.82. The van der Waals surface area contributed by atoms with E-state index >= 15 is 0 Å². The van der Waals surface area contributed by atoms with Gasteiger partial charge in [0.05, 0.1) is 23.6 Å². The van der Waals surface area contributed by atoms with Gasteiger partial charge < -0.3 is 9.72 Å². The van der Waals surface area contributed by atoms with Gasteiger partial charge in [0.15, 0.2) is 0 Å². The fraction of sp³-hybridized carbons (Fsp3) is 0.125. The zero-order valence-electron chi connectivity index (χ0n) is 11.7. The number of hydrogen-bond donors (Lipinski definition) is 1. The largest absolute Gasteiger partial charge is 0.496 e. The van der Waals surface area contributed by atoms with E-state index in [2.05, 4.69) is 4.98 Å². The molecule has 2 aromatic carbocycles. The Hall–Kier alpha value is -2.82. The fourth-order valence-corrected chi connectivity index (χ4v) is 2.60. The number of benzene rings is 2. The van der Waals surface area contributed by atoms with Crippen molar-refractivity contribution >= 4 is 16.6 Å². The number of rotatable bonds is 3. The molecule has 0 saturated carbocycles. The van der Waals surface area contributed by atoms with E-state index in [-0.39, 0.29) is 5.69 Å². The van der Waals surface area contributed by atoms with E-state index in [0.717, 1.165) is 22.2 Å². The van der Waals surface area contributed by atoms with Crippen LogP contribution in [-0.2, 0) is 0 Å². The minimum absolute atomic E-state index is 0.0141. The van der Waals surface area contributed by atoms with Gasteiger partial charge in [-0.1, -0.05) is 30.3 Å². The molecule has 0 fully saturated rings. The normalized spacial score (nSPS) is 10.8. The van der Waals surface area contributed by atoms with Crippen LogP contribution < -0.4 is 4.74 Å². The maximum Gasteiger partial charge on any atom is 0.275 e. The lowest BCUT2D eigenvalue weighted by atomic mass is 10.1. The van der Waals surface area contributed by atoms with E-state index in [1.165, 1.54) is 19.2 Å². The summed E-state index contributed by atoms with van der Waals surface area (Å²) < 4.78 is 5.32. The predicted octanol–water partition coefficient (Wildman–Crippen LogP) is 4.06. The van der Waals surface area contributed by atoms with Crippen LogP contribution in [0.2, 0.25) is 0 Å². The molecule has 5 heteroatoms. The summed E-state index contributed by atoms with van der Waals surface area (Å²) in [7, 11) is 1.52. The van der Waals surface area contributed by atoms with E-state index in [4.69, 9.17) is 4.74 Å². The summed E-state index contributed by atoms with van der Waals surface area (Å²) in [6, 6.07) is 12.9. The standard InChI is InChI=1S/C16H14N2O3/c1-10-15-13(8-12(18(19)20)9-14(15)21-2)17-16(10)11-6-4-3-5-7-11/h3-9,17H,1-2H3. The second kappa shape index (κ2) is 4.94. The summed E-state index contributed by atoms with van der Waals surface area (Å²) in [6.45, 7) is 1.98. The van der Waals surface area contributed by atoms with Crippen LogP contribution in [0.5, 0.6) is 5.75 Å². The van der Waals surface area contributed by atoms with Crippen LogP contribution in [0.25, 0.3) is 22.2 Å². The Bertz CT molecular complexity index is 822. The summed E-state index contributed by atoms with van der Waals surface area (Å²) in [4.78, 5) is 13.9. The number of ether oxygens (including phenoxy) is 1. The first kappa shape index (κ1) is 13.2. The van der Waals surface area contributed by atoms with Gasteiger partial charge in [0.1, 0.15) is 5.75 Å². The molecule has 0 aliphatic carbocycles. The number of hydrogen-bond acceptors (Lipinski definition) is 3. The van der Waals surface area contributed by atoms with Crippen LogP contribution in [0.1, 0.15) is 5.56 Å². The number of nitro benzene ring substituents is 1. The molecule has 0 radical (unpaired) electrons. The average Bonchev–Trinajstić information content (AvgIpc) is 2.84. The topological polar surface area (TPSA) is 68.2 Å². The molecular formula is C16H14N2O3. The zero-order chi connectivity index (χ0) is 15.0. The summed E-state index contributed by atoms with van der Waals surface area (Å²) in [6.07, 6.45) is 0. The number of aromatic amines is 1. The number of nitrogens with zero attached hydrogens (tertiary/aromatic N) is 1. The molecular weight excluding hydrogens is 268 g/mol. The predicted molar refractivity (Wildman–Crippen MR) is 81.7 cm³/mol. The quantitative estimate of drug-likeness (QED) is 0.581. The Kier molecular flexibility index (Phi) is 3.10. The van der Waals surface area contributed by atoms with Crippen LogP contribution in [0.15, 0.2) is 42.5 Å². The molecule has 3 rings (SSSR count). The van der Waals surface area contributed by atoms with E-state index in [9.17, 15) is 10.1 Å².